The number of ether oxygens (including phenoxy) is 2. The molecule has 0 aromatic heterocycles. The van der Waals surface area contributed by atoms with E-state index in [4.69, 9.17) is 20.9 Å². The fraction of sp³-hybridized carbons (Fsp3) is 1.00. The van der Waals surface area contributed by atoms with Crippen molar-refractivity contribution in [3.8, 4) is 0 Å². The summed E-state index contributed by atoms with van der Waals surface area (Å²) in [5, 5.41) is 0. The highest BCUT2D eigenvalue weighted by Gasteiger charge is 2.69. The number of rotatable bonds is 0. The summed E-state index contributed by atoms with van der Waals surface area (Å²) in [5.74, 6) is 4.37. The van der Waals surface area contributed by atoms with Crippen LogP contribution in [-0.2, 0) is 9.47 Å². The smallest absolute Gasteiger partial charge is 0.171 e. The third kappa shape index (κ3) is 2.80. The fourth-order valence-electron chi connectivity index (χ4n) is 10.4. The van der Waals surface area contributed by atoms with E-state index in [1.54, 1.807) is 0 Å². The Balaban J connectivity index is 1.29. The molecule has 2 aliphatic heterocycles. The Bertz CT molecular complexity index is 720. The van der Waals surface area contributed by atoms with Crippen LogP contribution in [0.4, 0.5) is 0 Å². The van der Waals surface area contributed by atoms with Crippen molar-refractivity contribution in [2.45, 2.75) is 109 Å². The molecule has 0 aromatic carbocycles. The summed E-state index contributed by atoms with van der Waals surface area (Å²) >= 11 is 0. The zero-order valence-electron chi connectivity index (χ0n) is 20.3. The second kappa shape index (κ2) is 6.93. The van der Waals surface area contributed by atoms with Crippen LogP contribution in [0.5, 0.6) is 0 Å². The molecule has 4 saturated carbocycles. The summed E-state index contributed by atoms with van der Waals surface area (Å²) in [6.07, 6.45) is 11.5. The molecule has 0 aromatic rings. The lowest BCUT2D eigenvalue weighted by Crippen LogP contribution is -2.61. The van der Waals surface area contributed by atoms with E-state index in [9.17, 15) is 0 Å². The van der Waals surface area contributed by atoms with Gasteiger partial charge in [0.2, 0.25) is 0 Å². The van der Waals surface area contributed by atoms with Gasteiger partial charge in [-0.05, 0) is 97.7 Å². The first kappa shape index (κ1) is 21.4. The van der Waals surface area contributed by atoms with Crippen molar-refractivity contribution in [3.63, 3.8) is 0 Å². The van der Waals surface area contributed by atoms with Crippen LogP contribution in [-0.4, -0.2) is 30.6 Å². The van der Waals surface area contributed by atoms with Crippen LogP contribution < -0.4 is 11.5 Å². The van der Waals surface area contributed by atoms with Crippen LogP contribution in [0.25, 0.3) is 0 Å². The maximum Gasteiger partial charge on any atom is 0.171 e. The summed E-state index contributed by atoms with van der Waals surface area (Å²) in [6, 6.07) is 0.734. The Kier molecular flexibility index (Phi) is 4.78. The van der Waals surface area contributed by atoms with Crippen LogP contribution in [0.15, 0.2) is 0 Å². The van der Waals surface area contributed by atoms with Gasteiger partial charge in [0.25, 0.3) is 0 Å². The van der Waals surface area contributed by atoms with Gasteiger partial charge in [0.1, 0.15) is 0 Å². The third-order valence-corrected chi connectivity index (χ3v) is 12.1. The van der Waals surface area contributed by atoms with E-state index in [1.165, 1.54) is 51.4 Å². The Hall–Kier alpha value is -0.160. The first-order valence-electron chi connectivity index (χ1n) is 13.5. The molecule has 0 amide bonds. The zero-order chi connectivity index (χ0) is 21.8. The molecule has 1 spiro atoms. The lowest BCUT2D eigenvalue weighted by atomic mass is 9.43. The first-order valence-corrected chi connectivity index (χ1v) is 13.5. The van der Waals surface area contributed by atoms with Gasteiger partial charge in [-0.15, -0.1) is 0 Å². The standard InChI is InChI=1S/C27H46N2O2/c1-15-5-10-27(30-14-15)16(2)24-22(31-27)13-20-23-19(7-9-26(20,24)4)25(3)8-6-18(28)11-17(25)12-21(23)29/h15-24H,5-14,28-29H2,1-4H3/t15-,16+,17-,18-,19+,20+,21-,22+,23-,24+,25+,26+,27-/m1/s1. The topological polar surface area (TPSA) is 70.5 Å². The van der Waals surface area contributed by atoms with E-state index >= 15 is 0 Å². The predicted molar refractivity (Wildman–Crippen MR) is 123 cm³/mol. The maximum atomic E-state index is 7.05. The minimum atomic E-state index is -0.308. The first-order chi connectivity index (χ1) is 14.7. The summed E-state index contributed by atoms with van der Waals surface area (Å²) < 4.78 is 13.4. The van der Waals surface area contributed by atoms with Gasteiger partial charge in [-0.2, -0.15) is 0 Å². The Morgan fingerprint density at radius 1 is 0.839 bits per heavy atom. The van der Waals surface area contributed by atoms with Crippen molar-refractivity contribution in [2.24, 2.45) is 63.7 Å². The average Bonchev–Trinajstić information content (AvgIpc) is 3.16. The molecule has 6 aliphatic rings. The lowest BCUT2D eigenvalue weighted by Gasteiger charge is -2.63. The van der Waals surface area contributed by atoms with Crippen LogP contribution in [0.1, 0.15) is 85.5 Å². The monoisotopic (exact) mass is 430 g/mol. The second-order valence-electron chi connectivity index (χ2n) is 13.4. The largest absolute Gasteiger partial charge is 0.349 e. The SMILES string of the molecule is C[C@@H]1CC[C@@]2(OC1)O[C@H]1C[C@H]3[C@@H]4[C@H](N)C[C@H]5C[C@H](N)CC[C@]5(C)[C@H]4CC[C@]3(C)[C@H]1[C@@H]2C. The molecule has 0 bridgehead atoms. The lowest BCUT2D eigenvalue weighted by molar-refractivity contribution is -0.273. The minimum absolute atomic E-state index is 0.308. The summed E-state index contributed by atoms with van der Waals surface area (Å²) in [7, 11) is 0. The van der Waals surface area contributed by atoms with Gasteiger partial charge in [0, 0.05) is 24.4 Å². The van der Waals surface area contributed by atoms with Crippen LogP contribution in [0.3, 0.4) is 0 Å². The summed E-state index contributed by atoms with van der Waals surface area (Å²) in [6.45, 7) is 10.8. The number of hydrogen-bond donors (Lipinski definition) is 2. The van der Waals surface area contributed by atoms with Crippen LogP contribution in [0.2, 0.25) is 0 Å². The molecule has 31 heavy (non-hydrogen) atoms. The third-order valence-electron chi connectivity index (χ3n) is 12.1. The molecule has 2 heterocycles. The predicted octanol–water partition coefficient (Wildman–Crippen LogP) is 4.70. The fourth-order valence-corrected chi connectivity index (χ4v) is 10.4. The second-order valence-corrected chi connectivity index (χ2v) is 13.4. The van der Waals surface area contributed by atoms with E-state index in [-0.39, 0.29) is 5.79 Å². The molecule has 176 valence electrons. The molecule has 4 heteroatoms. The quantitative estimate of drug-likeness (QED) is 0.584. The van der Waals surface area contributed by atoms with E-state index in [0.717, 1.165) is 24.9 Å². The van der Waals surface area contributed by atoms with E-state index < -0.39 is 0 Å². The average molecular weight is 431 g/mol. The van der Waals surface area contributed by atoms with Gasteiger partial charge < -0.3 is 20.9 Å². The molecule has 4 aliphatic carbocycles. The molecular weight excluding hydrogens is 384 g/mol. The maximum absolute atomic E-state index is 7.05. The number of nitrogens with two attached hydrogens (primary N) is 2. The van der Waals surface area contributed by atoms with Gasteiger partial charge in [0.05, 0.1) is 12.7 Å². The van der Waals surface area contributed by atoms with Gasteiger partial charge in [-0.25, -0.2) is 0 Å². The van der Waals surface area contributed by atoms with Crippen molar-refractivity contribution in [2.75, 3.05) is 6.61 Å². The van der Waals surface area contributed by atoms with Gasteiger partial charge in [0.15, 0.2) is 5.79 Å². The van der Waals surface area contributed by atoms with Gasteiger partial charge >= 0.3 is 0 Å². The van der Waals surface area contributed by atoms with Crippen LogP contribution in [0, 0.1) is 52.3 Å². The van der Waals surface area contributed by atoms with E-state index in [1.807, 2.05) is 0 Å². The van der Waals surface area contributed by atoms with Crippen molar-refractivity contribution in [1.82, 2.24) is 0 Å². The van der Waals surface area contributed by atoms with Crippen molar-refractivity contribution >= 4 is 0 Å². The Labute approximate surface area is 189 Å². The Morgan fingerprint density at radius 2 is 1.61 bits per heavy atom. The van der Waals surface area contributed by atoms with Crippen LogP contribution >= 0.6 is 0 Å². The summed E-state index contributed by atoms with van der Waals surface area (Å²) in [5.41, 5.74) is 14.3. The van der Waals surface area contributed by atoms with Crippen molar-refractivity contribution < 1.29 is 9.47 Å². The molecule has 13 atom stereocenters. The molecule has 0 unspecified atom stereocenters. The van der Waals surface area contributed by atoms with Crippen molar-refractivity contribution in [1.29, 1.82) is 0 Å². The molecule has 6 fully saturated rings. The Morgan fingerprint density at radius 3 is 2.35 bits per heavy atom. The highest BCUT2D eigenvalue weighted by atomic mass is 16.7. The number of hydrogen-bond acceptors (Lipinski definition) is 4. The highest BCUT2D eigenvalue weighted by Crippen LogP contribution is 2.71. The van der Waals surface area contributed by atoms with E-state index in [0.29, 0.717) is 58.6 Å². The molecule has 6 rings (SSSR count). The molecule has 4 nitrogen and oxygen atoms in total. The number of fused-ring (bicyclic) bond motifs is 7. The summed E-state index contributed by atoms with van der Waals surface area (Å²) in [4.78, 5) is 0. The normalized spacial score (nSPS) is 63.3. The highest BCUT2D eigenvalue weighted by molar-refractivity contribution is 5.17. The molecule has 0 radical (unpaired) electrons. The molecule has 4 N–H and O–H groups in total. The molecular formula is C27H46N2O2. The van der Waals surface area contributed by atoms with Crippen molar-refractivity contribution in [3.05, 3.63) is 0 Å². The van der Waals surface area contributed by atoms with Gasteiger partial charge in [-0.3, -0.25) is 0 Å². The molecule has 2 saturated heterocycles. The van der Waals surface area contributed by atoms with E-state index in [2.05, 4.69) is 27.7 Å². The van der Waals surface area contributed by atoms with Gasteiger partial charge in [-0.1, -0.05) is 27.7 Å². The minimum Gasteiger partial charge on any atom is -0.349 e. The zero-order valence-corrected chi connectivity index (χ0v) is 20.3.